The molecule has 2 rings (SSSR count). The second kappa shape index (κ2) is 9.07. The fraction of sp³-hybridized carbons (Fsp3) is 0.529. The van der Waals surface area contributed by atoms with Crippen LogP contribution in [-0.2, 0) is 4.79 Å². The summed E-state index contributed by atoms with van der Waals surface area (Å²) in [4.78, 5) is 23.5. The molecule has 1 aromatic carbocycles. The second-order valence-corrected chi connectivity index (χ2v) is 5.75. The van der Waals surface area contributed by atoms with Crippen molar-refractivity contribution in [2.75, 3.05) is 11.9 Å². The van der Waals surface area contributed by atoms with Gasteiger partial charge < -0.3 is 16.0 Å². The van der Waals surface area contributed by atoms with Crippen LogP contribution < -0.4 is 16.0 Å². The third-order valence-electron chi connectivity index (χ3n) is 3.86. The number of para-hydroxylation sites is 1. The van der Waals surface area contributed by atoms with E-state index >= 15 is 0 Å². The summed E-state index contributed by atoms with van der Waals surface area (Å²) in [6, 6.07) is 9.58. The van der Waals surface area contributed by atoms with Crippen LogP contribution in [0.2, 0.25) is 0 Å². The molecule has 1 aromatic rings. The highest BCUT2D eigenvalue weighted by molar-refractivity contribution is 5.90. The molecule has 0 atom stereocenters. The van der Waals surface area contributed by atoms with Crippen LogP contribution in [0.4, 0.5) is 10.5 Å². The van der Waals surface area contributed by atoms with E-state index in [1.54, 1.807) is 0 Å². The quantitative estimate of drug-likeness (QED) is 0.707. The highest BCUT2D eigenvalue weighted by Gasteiger charge is 2.15. The molecule has 1 aliphatic rings. The lowest BCUT2D eigenvalue weighted by Crippen LogP contribution is -2.43. The predicted octanol–water partition coefficient (Wildman–Crippen LogP) is 3.04. The molecular weight excluding hydrogens is 278 g/mol. The van der Waals surface area contributed by atoms with Crippen LogP contribution in [0.25, 0.3) is 0 Å². The van der Waals surface area contributed by atoms with Crippen LogP contribution >= 0.6 is 0 Å². The molecule has 1 fully saturated rings. The van der Waals surface area contributed by atoms with Crippen molar-refractivity contribution in [3.05, 3.63) is 30.3 Å². The zero-order chi connectivity index (χ0) is 15.6. The standard InChI is InChI=1S/C17H25N3O2/c21-16(19-14-8-3-1-4-9-14)12-7-13-18-17(22)20-15-10-5-2-6-11-15/h1,3-4,8-9,15H,2,5-7,10-13H2,(H,19,21)(H2,18,20,22). The molecule has 3 N–H and O–H groups in total. The van der Waals surface area contributed by atoms with Crippen LogP contribution in [0.1, 0.15) is 44.9 Å². The summed E-state index contributed by atoms with van der Waals surface area (Å²) in [6.45, 7) is 0.515. The maximum atomic E-state index is 11.7. The molecule has 0 bridgehead atoms. The minimum atomic E-state index is -0.115. The van der Waals surface area contributed by atoms with Crippen LogP contribution in [0, 0.1) is 0 Å². The maximum Gasteiger partial charge on any atom is 0.315 e. The number of nitrogens with one attached hydrogen (secondary N) is 3. The first-order chi connectivity index (χ1) is 10.7. The van der Waals surface area contributed by atoms with Gasteiger partial charge in [-0.25, -0.2) is 4.79 Å². The molecule has 3 amide bonds. The molecule has 5 heteroatoms. The fourth-order valence-electron chi connectivity index (χ4n) is 2.68. The molecule has 0 spiro atoms. The summed E-state index contributed by atoms with van der Waals surface area (Å²) in [5.74, 6) is -0.0271. The Morgan fingerprint density at radius 2 is 1.77 bits per heavy atom. The highest BCUT2D eigenvalue weighted by Crippen LogP contribution is 2.17. The largest absolute Gasteiger partial charge is 0.338 e. The Kier molecular flexibility index (Phi) is 6.74. The van der Waals surface area contributed by atoms with Crippen LogP contribution in [-0.4, -0.2) is 24.5 Å². The first-order valence-corrected chi connectivity index (χ1v) is 8.13. The second-order valence-electron chi connectivity index (χ2n) is 5.75. The lowest BCUT2D eigenvalue weighted by molar-refractivity contribution is -0.116. The van der Waals surface area contributed by atoms with Gasteiger partial charge in [0.1, 0.15) is 0 Å². The number of hydrogen-bond donors (Lipinski definition) is 3. The number of hydrogen-bond acceptors (Lipinski definition) is 2. The van der Waals surface area contributed by atoms with Crippen molar-refractivity contribution in [1.82, 2.24) is 10.6 Å². The van der Waals surface area contributed by atoms with E-state index in [1.165, 1.54) is 19.3 Å². The predicted molar refractivity (Wildman–Crippen MR) is 87.7 cm³/mol. The summed E-state index contributed by atoms with van der Waals surface area (Å²) in [6.07, 6.45) is 6.86. The Balaban J connectivity index is 1.54. The van der Waals surface area contributed by atoms with Crippen molar-refractivity contribution < 1.29 is 9.59 Å². The van der Waals surface area contributed by atoms with E-state index in [4.69, 9.17) is 0 Å². The summed E-state index contributed by atoms with van der Waals surface area (Å²) < 4.78 is 0. The van der Waals surface area contributed by atoms with Gasteiger partial charge in [0.15, 0.2) is 0 Å². The summed E-state index contributed by atoms with van der Waals surface area (Å²) in [5.41, 5.74) is 0.801. The highest BCUT2D eigenvalue weighted by atomic mass is 16.2. The van der Waals surface area contributed by atoms with Crippen molar-refractivity contribution >= 4 is 17.6 Å². The average molecular weight is 303 g/mol. The molecule has 22 heavy (non-hydrogen) atoms. The Hall–Kier alpha value is -2.04. The third-order valence-corrected chi connectivity index (χ3v) is 3.86. The molecule has 5 nitrogen and oxygen atoms in total. The van der Waals surface area contributed by atoms with Gasteiger partial charge in [-0.1, -0.05) is 37.5 Å². The SMILES string of the molecule is O=C(CCCNC(=O)NC1CCCCC1)Nc1ccccc1. The van der Waals surface area contributed by atoms with Gasteiger partial charge in [-0.15, -0.1) is 0 Å². The Bertz CT molecular complexity index is 470. The number of rotatable bonds is 6. The van der Waals surface area contributed by atoms with Gasteiger partial charge >= 0.3 is 6.03 Å². The van der Waals surface area contributed by atoms with E-state index in [2.05, 4.69) is 16.0 Å². The van der Waals surface area contributed by atoms with Crippen LogP contribution in [0.3, 0.4) is 0 Å². The van der Waals surface area contributed by atoms with E-state index in [1.807, 2.05) is 30.3 Å². The molecule has 0 aromatic heterocycles. The van der Waals surface area contributed by atoms with E-state index in [0.29, 0.717) is 25.4 Å². The Morgan fingerprint density at radius 3 is 2.50 bits per heavy atom. The van der Waals surface area contributed by atoms with Gasteiger partial charge in [0.2, 0.25) is 5.91 Å². The molecule has 0 heterocycles. The molecule has 1 saturated carbocycles. The molecule has 0 aliphatic heterocycles. The topological polar surface area (TPSA) is 70.2 Å². The Morgan fingerprint density at radius 1 is 1.05 bits per heavy atom. The number of benzene rings is 1. The molecule has 0 unspecified atom stereocenters. The number of anilines is 1. The maximum absolute atomic E-state index is 11.7. The Labute approximate surface area is 131 Å². The van der Waals surface area contributed by atoms with Crippen LogP contribution in [0.5, 0.6) is 0 Å². The van der Waals surface area contributed by atoms with Crippen molar-refractivity contribution in [3.8, 4) is 0 Å². The van der Waals surface area contributed by atoms with E-state index < -0.39 is 0 Å². The third kappa shape index (κ3) is 6.16. The number of amides is 3. The van der Waals surface area contributed by atoms with E-state index in [-0.39, 0.29) is 11.9 Å². The van der Waals surface area contributed by atoms with Gasteiger partial charge in [0.25, 0.3) is 0 Å². The molecule has 0 radical (unpaired) electrons. The molecule has 0 saturated heterocycles. The lowest BCUT2D eigenvalue weighted by atomic mass is 9.96. The lowest BCUT2D eigenvalue weighted by Gasteiger charge is -2.22. The van der Waals surface area contributed by atoms with Gasteiger partial charge in [-0.3, -0.25) is 4.79 Å². The monoisotopic (exact) mass is 303 g/mol. The van der Waals surface area contributed by atoms with E-state index in [9.17, 15) is 9.59 Å². The minimum absolute atomic E-state index is 0.0271. The van der Waals surface area contributed by atoms with Crippen molar-refractivity contribution in [3.63, 3.8) is 0 Å². The number of urea groups is 1. The zero-order valence-electron chi connectivity index (χ0n) is 12.9. The summed E-state index contributed by atoms with van der Waals surface area (Å²) in [7, 11) is 0. The normalized spacial score (nSPS) is 15.1. The number of carbonyl (C=O) groups is 2. The van der Waals surface area contributed by atoms with Gasteiger partial charge in [0.05, 0.1) is 0 Å². The average Bonchev–Trinajstić information content (AvgIpc) is 2.53. The minimum Gasteiger partial charge on any atom is -0.338 e. The zero-order valence-corrected chi connectivity index (χ0v) is 12.9. The van der Waals surface area contributed by atoms with Crippen molar-refractivity contribution in [2.45, 2.75) is 51.0 Å². The van der Waals surface area contributed by atoms with Crippen LogP contribution in [0.15, 0.2) is 30.3 Å². The first-order valence-electron chi connectivity index (χ1n) is 8.13. The smallest absolute Gasteiger partial charge is 0.315 e. The molecule has 1 aliphatic carbocycles. The van der Waals surface area contributed by atoms with Gasteiger partial charge in [-0.2, -0.15) is 0 Å². The molecule has 120 valence electrons. The summed E-state index contributed by atoms with van der Waals surface area (Å²) >= 11 is 0. The van der Waals surface area contributed by atoms with Crippen molar-refractivity contribution in [1.29, 1.82) is 0 Å². The van der Waals surface area contributed by atoms with Crippen molar-refractivity contribution in [2.24, 2.45) is 0 Å². The fourth-order valence-corrected chi connectivity index (χ4v) is 2.68. The van der Waals surface area contributed by atoms with E-state index in [0.717, 1.165) is 18.5 Å². The number of carbonyl (C=O) groups excluding carboxylic acids is 2. The first kappa shape index (κ1) is 16.3. The van der Waals surface area contributed by atoms with Gasteiger partial charge in [-0.05, 0) is 31.4 Å². The van der Waals surface area contributed by atoms with Gasteiger partial charge in [0, 0.05) is 24.7 Å². The summed E-state index contributed by atoms with van der Waals surface area (Å²) in [5, 5.41) is 8.64. The molecular formula is C17H25N3O2.